The van der Waals surface area contributed by atoms with Gasteiger partial charge in [-0.2, -0.15) is 0 Å². The van der Waals surface area contributed by atoms with E-state index in [1.54, 1.807) is 0 Å². The molecule has 0 aliphatic heterocycles. The molecule has 17 heavy (non-hydrogen) atoms. The highest BCUT2D eigenvalue weighted by Crippen LogP contribution is 2.70. The first kappa shape index (κ1) is 11.5. The lowest BCUT2D eigenvalue weighted by Gasteiger charge is -2.35. The zero-order valence-electron chi connectivity index (χ0n) is 11.3. The van der Waals surface area contributed by atoms with Crippen molar-refractivity contribution in [2.75, 3.05) is 0 Å². The van der Waals surface area contributed by atoms with Crippen molar-refractivity contribution in [2.45, 2.75) is 51.4 Å². The molecule has 0 radical (unpaired) electrons. The molecule has 2 heteroatoms. The molecular formula is C15H22OSi. The van der Waals surface area contributed by atoms with Crippen molar-refractivity contribution in [3.05, 3.63) is 35.4 Å². The average molecular weight is 246 g/mol. The lowest BCUT2D eigenvalue weighted by Crippen LogP contribution is -2.37. The van der Waals surface area contributed by atoms with E-state index in [-0.39, 0.29) is 5.60 Å². The van der Waals surface area contributed by atoms with Gasteiger partial charge < -0.3 is 4.43 Å². The number of fused-ring (bicyclic) bond motifs is 3. The van der Waals surface area contributed by atoms with Crippen molar-refractivity contribution >= 4 is 8.32 Å². The Bertz CT molecular complexity index is 462. The van der Waals surface area contributed by atoms with Gasteiger partial charge in [-0.25, -0.2) is 0 Å². The van der Waals surface area contributed by atoms with Gasteiger partial charge in [-0.1, -0.05) is 31.2 Å². The van der Waals surface area contributed by atoms with Crippen molar-refractivity contribution in [1.29, 1.82) is 0 Å². The molecule has 0 heterocycles. The minimum atomic E-state index is -1.49. The first-order chi connectivity index (χ1) is 7.86. The second-order valence-corrected chi connectivity index (χ2v) is 11.4. The third-order valence-electron chi connectivity index (χ3n) is 4.37. The van der Waals surface area contributed by atoms with Crippen LogP contribution in [0.4, 0.5) is 0 Å². The van der Waals surface area contributed by atoms with Gasteiger partial charge in [0.1, 0.15) is 0 Å². The van der Waals surface area contributed by atoms with E-state index in [1.165, 1.54) is 30.4 Å². The topological polar surface area (TPSA) is 9.23 Å². The van der Waals surface area contributed by atoms with Crippen LogP contribution in [0.3, 0.4) is 0 Å². The molecule has 92 valence electrons. The highest BCUT2D eigenvalue weighted by Gasteiger charge is 2.68. The Balaban J connectivity index is 2.06. The third kappa shape index (κ3) is 1.61. The highest BCUT2D eigenvalue weighted by molar-refractivity contribution is 6.69. The Kier molecular flexibility index (Phi) is 2.19. The van der Waals surface area contributed by atoms with Crippen LogP contribution >= 0.6 is 0 Å². The molecule has 2 aliphatic rings. The van der Waals surface area contributed by atoms with Crippen LogP contribution < -0.4 is 0 Å². The molecule has 1 saturated carbocycles. The summed E-state index contributed by atoms with van der Waals surface area (Å²) in [7, 11) is -1.49. The maximum Gasteiger partial charge on any atom is 0.185 e. The van der Waals surface area contributed by atoms with Crippen LogP contribution in [-0.4, -0.2) is 8.32 Å². The summed E-state index contributed by atoms with van der Waals surface area (Å²) in [5.74, 6) is 0. The normalized spacial score (nSPS) is 35.1. The maximum atomic E-state index is 6.61. The fraction of sp³-hybridized carbons (Fsp3) is 0.600. The summed E-state index contributed by atoms with van der Waals surface area (Å²) in [5, 5.41) is 0. The Morgan fingerprint density at radius 2 is 1.88 bits per heavy atom. The number of aryl methyl sites for hydroxylation is 1. The quantitative estimate of drug-likeness (QED) is 0.714. The molecule has 1 aromatic rings. The van der Waals surface area contributed by atoms with E-state index < -0.39 is 8.32 Å². The summed E-state index contributed by atoms with van der Waals surface area (Å²) in [6.07, 6.45) is 3.74. The predicted octanol–water partition coefficient (Wildman–Crippen LogP) is 4.09. The molecular weight excluding hydrogens is 224 g/mol. The number of rotatable bonds is 2. The van der Waals surface area contributed by atoms with E-state index in [9.17, 15) is 0 Å². The van der Waals surface area contributed by atoms with Crippen molar-refractivity contribution in [3.63, 3.8) is 0 Å². The lowest BCUT2D eigenvalue weighted by molar-refractivity contribution is 0.110. The smallest absolute Gasteiger partial charge is 0.185 e. The number of hydrogen-bond donors (Lipinski definition) is 0. The van der Waals surface area contributed by atoms with E-state index in [2.05, 4.69) is 50.8 Å². The predicted molar refractivity (Wildman–Crippen MR) is 73.6 cm³/mol. The summed E-state index contributed by atoms with van der Waals surface area (Å²) in [6.45, 7) is 9.32. The molecule has 1 nitrogen and oxygen atoms in total. The van der Waals surface area contributed by atoms with Crippen LogP contribution in [0.15, 0.2) is 24.3 Å². The van der Waals surface area contributed by atoms with Gasteiger partial charge in [0, 0.05) is 5.41 Å². The number of hydrogen-bond acceptors (Lipinski definition) is 1. The van der Waals surface area contributed by atoms with Gasteiger partial charge in [0.25, 0.3) is 0 Å². The summed E-state index contributed by atoms with van der Waals surface area (Å²) >= 11 is 0. The van der Waals surface area contributed by atoms with Gasteiger partial charge in [-0.05, 0) is 50.0 Å². The SMILES string of the molecule is CC12CCc3ccccc3C1(O[Si](C)(C)C)C2. The van der Waals surface area contributed by atoms with E-state index in [4.69, 9.17) is 4.43 Å². The van der Waals surface area contributed by atoms with Crippen molar-refractivity contribution < 1.29 is 4.43 Å². The van der Waals surface area contributed by atoms with Gasteiger partial charge >= 0.3 is 0 Å². The molecule has 0 N–H and O–H groups in total. The van der Waals surface area contributed by atoms with E-state index in [1.807, 2.05) is 0 Å². The summed E-state index contributed by atoms with van der Waals surface area (Å²) in [4.78, 5) is 0. The monoisotopic (exact) mass is 246 g/mol. The van der Waals surface area contributed by atoms with E-state index >= 15 is 0 Å². The number of benzene rings is 1. The third-order valence-corrected chi connectivity index (χ3v) is 5.33. The average Bonchev–Trinajstić information content (AvgIpc) is 2.82. The van der Waals surface area contributed by atoms with Crippen LogP contribution in [0, 0.1) is 5.41 Å². The molecule has 2 aliphatic carbocycles. The van der Waals surface area contributed by atoms with Gasteiger partial charge in [0.2, 0.25) is 0 Å². The summed E-state index contributed by atoms with van der Waals surface area (Å²) in [6, 6.07) is 8.90. The van der Waals surface area contributed by atoms with Crippen LogP contribution in [0.25, 0.3) is 0 Å². The van der Waals surface area contributed by atoms with Gasteiger partial charge in [-0.3, -0.25) is 0 Å². The standard InChI is InChI=1S/C15H22OSi/c1-14-10-9-12-7-5-6-8-13(12)15(14,11-14)16-17(2,3)4/h5-8H,9-11H2,1-4H3. The minimum absolute atomic E-state index is 0.0618. The highest BCUT2D eigenvalue weighted by atomic mass is 28.4. The van der Waals surface area contributed by atoms with Crippen molar-refractivity contribution in [2.24, 2.45) is 5.41 Å². The zero-order valence-corrected chi connectivity index (χ0v) is 12.3. The summed E-state index contributed by atoms with van der Waals surface area (Å²) < 4.78 is 6.61. The molecule has 2 atom stereocenters. The molecule has 1 aromatic carbocycles. The molecule has 3 rings (SSSR count). The minimum Gasteiger partial charge on any atom is -0.408 e. The fourth-order valence-corrected chi connectivity index (χ4v) is 4.97. The van der Waals surface area contributed by atoms with Gasteiger partial charge in [0.15, 0.2) is 8.32 Å². The Morgan fingerprint density at radius 3 is 2.59 bits per heavy atom. The molecule has 2 unspecified atom stereocenters. The van der Waals surface area contributed by atoms with E-state index in [0.29, 0.717) is 5.41 Å². The molecule has 1 fully saturated rings. The second kappa shape index (κ2) is 3.24. The van der Waals surface area contributed by atoms with Crippen molar-refractivity contribution in [1.82, 2.24) is 0 Å². The molecule has 0 amide bonds. The van der Waals surface area contributed by atoms with Crippen LogP contribution in [0.2, 0.25) is 19.6 Å². The van der Waals surface area contributed by atoms with Crippen molar-refractivity contribution in [3.8, 4) is 0 Å². The molecule has 0 aromatic heterocycles. The van der Waals surface area contributed by atoms with Crippen LogP contribution in [0.5, 0.6) is 0 Å². The van der Waals surface area contributed by atoms with Crippen LogP contribution in [0.1, 0.15) is 30.9 Å². The largest absolute Gasteiger partial charge is 0.408 e. The van der Waals surface area contributed by atoms with Gasteiger partial charge in [-0.15, -0.1) is 0 Å². The first-order valence-corrected chi connectivity index (χ1v) is 10.1. The first-order valence-electron chi connectivity index (χ1n) is 6.65. The fourth-order valence-electron chi connectivity index (χ4n) is 3.50. The Labute approximate surface area is 105 Å². The maximum absolute atomic E-state index is 6.61. The zero-order chi connectivity index (χ0) is 12.3. The second-order valence-electron chi connectivity index (χ2n) is 6.94. The summed E-state index contributed by atoms with van der Waals surface area (Å²) in [5.41, 5.74) is 3.46. The molecule has 0 bridgehead atoms. The van der Waals surface area contributed by atoms with Crippen LogP contribution in [-0.2, 0) is 16.4 Å². The Morgan fingerprint density at radius 1 is 1.18 bits per heavy atom. The van der Waals surface area contributed by atoms with E-state index in [0.717, 1.165) is 0 Å². The lowest BCUT2D eigenvalue weighted by atomic mass is 9.82. The Hall–Kier alpha value is -0.603. The van der Waals surface area contributed by atoms with Gasteiger partial charge in [0.05, 0.1) is 5.60 Å². The molecule has 0 spiro atoms. The molecule has 0 saturated heterocycles.